The molecule has 0 unspecified atom stereocenters. The summed E-state index contributed by atoms with van der Waals surface area (Å²) in [6, 6.07) is 24.7. The van der Waals surface area contributed by atoms with Gasteiger partial charge in [0.25, 0.3) is 0 Å². The van der Waals surface area contributed by atoms with E-state index < -0.39 is 8.07 Å². The van der Waals surface area contributed by atoms with Gasteiger partial charge in [-0.15, -0.1) is 0 Å². The molecule has 0 bridgehead atoms. The molecule has 27 heavy (non-hydrogen) atoms. The van der Waals surface area contributed by atoms with Crippen LogP contribution in [0.3, 0.4) is 0 Å². The van der Waals surface area contributed by atoms with Gasteiger partial charge in [-0.2, -0.15) is 0 Å². The van der Waals surface area contributed by atoms with Crippen LogP contribution < -0.4 is 5.19 Å². The maximum Gasteiger partial charge on any atom is 0.0860 e. The average molecular weight is 372 g/mol. The van der Waals surface area contributed by atoms with Gasteiger partial charge < -0.3 is 0 Å². The Morgan fingerprint density at radius 3 is 2.11 bits per heavy atom. The van der Waals surface area contributed by atoms with Crippen LogP contribution in [0.4, 0.5) is 0 Å². The van der Waals surface area contributed by atoms with Crippen LogP contribution in [0.5, 0.6) is 0 Å². The van der Waals surface area contributed by atoms with Crippen LogP contribution in [0.2, 0.25) is 18.6 Å². The summed E-state index contributed by atoms with van der Waals surface area (Å²) < 4.78 is 0. The van der Waals surface area contributed by atoms with Crippen LogP contribution in [-0.2, 0) is 6.42 Å². The number of hydrogen-bond acceptors (Lipinski definition) is 1. The molecule has 138 valence electrons. The molecule has 2 heteroatoms. The Morgan fingerprint density at radius 1 is 0.889 bits per heavy atom. The zero-order valence-corrected chi connectivity index (χ0v) is 17.7. The van der Waals surface area contributed by atoms with Gasteiger partial charge in [0.1, 0.15) is 0 Å². The molecule has 0 saturated carbocycles. The third-order valence-electron chi connectivity index (χ3n) is 6.01. The second-order valence-corrected chi connectivity index (χ2v) is 13.3. The molecule has 0 aliphatic carbocycles. The van der Waals surface area contributed by atoms with E-state index in [4.69, 9.17) is 4.98 Å². The van der Waals surface area contributed by atoms with Gasteiger partial charge >= 0.3 is 0 Å². The summed E-state index contributed by atoms with van der Waals surface area (Å²) in [6.07, 6.45) is 4.80. The maximum absolute atomic E-state index is 4.90. The minimum atomic E-state index is -1.22. The molecule has 2 heterocycles. The number of pyridine rings is 1. The van der Waals surface area contributed by atoms with Crippen LogP contribution >= 0.6 is 0 Å². The minimum Gasteiger partial charge on any atom is -0.256 e. The monoisotopic (exact) mass is 371 g/mol. The average Bonchev–Trinajstić information content (AvgIpc) is 2.66. The summed E-state index contributed by atoms with van der Waals surface area (Å²) in [5, 5.41) is 1.62. The lowest BCUT2D eigenvalue weighted by Crippen LogP contribution is -2.52. The standard InChI is InChI=1S/C25H29NSi/c1-19(2)16-23-17-24(26-18-25(23)27(3)14-7-15-27)22-12-10-21(11-13-22)20-8-5-4-6-9-20/h4-6,8-13,17-19H,7,14-16H2,1-3H3. The van der Waals surface area contributed by atoms with Crippen molar-refractivity contribution >= 4 is 13.3 Å². The van der Waals surface area contributed by atoms with Crippen molar-refractivity contribution in [3.8, 4) is 22.4 Å². The van der Waals surface area contributed by atoms with E-state index in [1.165, 1.54) is 35.2 Å². The fourth-order valence-electron chi connectivity index (χ4n) is 4.25. The van der Waals surface area contributed by atoms with Crippen molar-refractivity contribution in [2.24, 2.45) is 5.92 Å². The molecule has 0 radical (unpaired) electrons. The summed E-state index contributed by atoms with van der Waals surface area (Å²) in [7, 11) is -1.22. The van der Waals surface area contributed by atoms with Crippen LogP contribution in [0.15, 0.2) is 66.9 Å². The lowest BCUT2D eigenvalue weighted by atomic mass is 9.99. The maximum atomic E-state index is 4.90. The first-order valence-electron chi connectivity index (χ1n) is 10.2. The summed E-state index contributed by atoms with van der Waals surface area (Å²) in [5.41, 5.74) is 6.40. The molecule has 2 aromatic carbocycles. The predicted molar refractivity (Wildman–Crippen MR) is 119 cm³/mol. The van der Waals surface area contributed by atoms with Crippen LogP contribution in [0.25, 0.3) is 22.4 Å². The van der Waals surface area contributed by atoms with Crippen LogP contribution in [-0.4, -0.2) is 13.1 Å². The number of rotatable bonds is 5. The van der Waals surface area contributed by atoms with E-state index in [-0.39, 0.29) is 0 Å². The minimum absolute atomic E-state index is 0.678. The summed E-state index contributed by atoms with van der Waals surface area (Å²) in [5.74, 6) is 0.678. The molecule has 3 aromatic rings. The van der Waals surface area contributed by atoms with Crippen LogP contribution in [0, 0.1) is 5.92 Å². The molecule has 1 saturated heterocycles. The molecule has 1 aliphatic rings. The van der Waals surface area contributed by atoms with Crippen molar-refractivity contribution < 1.29 is 0 Å². The SMILES string of the molecule is CC(C)Cc1cc(-c2ccc(-c3ccccc3)cc2)ncc1[Si]1(C)CCC1. The molecule has 4 rings (SSSR count). The van der Waals surface area contributed by atoms with Crippen LogP contribution in [0.1, 0.15) is 25.8 Å². The molecule has 0 spiro atoms. The van der Waals surface area contributed by atoms with E-state index in [1.807, 2.05) is 0 Å². The number of benzene rings is 2. The van der Waals surface area contributed by atoms with Crippen molar-refractivity contribution in [3.05, 3.63) is 72.4 Å². The zero-order valence-electron chi connectivity index (χ0n) is 16.7. The van der Waals surface area contributed by atoms with Gasteiger partial charge in [0, 0.05) is 11.8 Å². The normalized spacial score (nSPS) is 15.6. The van der Waals surface area contributed by atoms with Crippen molar-refractivity contribution in [3.63, 3.8) is 0 Å². The fourth-order valence-corrected chi connectivity index (χ4v) is 7.53. The highest BCUT2D eigenvalue weighted by Crippen LogP contribution is 2.33. The summed E-state index contributed by atoms with van der Waals surface area (Å²) in [6.45, 7) is 7.19. The molecule has 1 aromatic heterocycles. The Kier molecular flexibility index (Phi) is 5.01. The van der Waals surface area contributed by atoms with Crippen molar-refractivity contribution in [1.82, 2.24) is 4.98 Å². The van der Waals surface area contributed by atoms with Gasteiger partial charge in [-0.3, -0.25) is 4.98 Å². The number of aromatic nitrogens is 1. The first-order valence-corrected chi connectivity index (χ1v) is 13.1. The molecular weight excluding hydrogens is 342 g/mol. The lowest BCUT2D eigenvalue weighted by Gasteiger charge is -2.38. The van der Waals surface area contributed by atoms with E-state index in [0.29, 0.717) is 5.92 Å². The smallest absolute Gasteiger partial charge is 0.0860 e. The predicted octanol–water partition coefficient (Wildman–Crippen LogP) is 6.30. The first-order chi connectivity index (χ1) is 13.0. The Bertz CT molecular complexity index is 909. The third-order valence-corrected chi connectivity index (χ3v) is 10.7. The second-order valence-electron chi connectivity index (χ2n) is 8.68. The molecular formula is C25H29NSi. The van der Waals surface area contributed by atoms with E-state index >= 15 is 0 Å². The lowest BCUT2D eigenvalue weighted by molar-refractivity contribution is 0.648. The van der Waals surface area contributed by atoms with E-state index in [1.54, 1.807) is 10.8 Å². The Labute approximate surface area is 164 Å². The number of nitrogens with zero attached hydrogens (tertiary/aromatic N) is 1. The summed E-state index contributed by atoms with van der Waals surface area (Å²) >= 11 is 0. The molecule has 0 N–H and O–H groups in total. The molecule has 1 fully saturated rings. The quantitative estimate of drug-likeness (QED) is 0.479. The fraction of sp³-hybridized carbons (Fsp3) is 0.320. The second kappa shape index (κ2) is 7.44. The Morgan fingerprint density at radius 2 is 1.52 bits per heavy atom. The number of hydrogen-bond donors (Lipinski definition) is 0. The molecule has 1 aliphatic heterocycles. The summed E-state index contributed by atoms with van der Waals surface area (Å²) in [4.78, 5) is 4.90. The Hall–Kier alpha value is -2.19. The molecule has 0 atom stereocenters. The van der Waals surface area contributed by atoms with Gasteiger partial charge in [-0.25, -0.2) is 0 Å². The largest absolute Gasteiger partial charge is 0.256 e. The van der Waals surface area contributed by atoms with Crippen molar-refractivity contribution in [2.45, 2.75) is 45.3 Å². The van der Waals surface area contributed by atoms with Gasteiger partial charge in [0.15, 0.2) is 0 Å². The molecule has 1 nitrogen and oxygen atoms in total. The zero-order chi connectivity index (χ0) is 18.9. The molecule has 0 amide bonds. The van der Waals surface area contributed by atoms with Gasteiger partial charge in [-0.05, 0) is 40.3 Å². The highest BCUT2D eigenvalue weighted by atomic mass is 28.3. The van der Waals surface area contributed by atoms with Gasteiger partial charge in [0.05, 0.1) is 13.8 Å². The van der Waals surface area contributed by atoms with E-state index in [0.717, 1.165) is 12.1 Å². The Balaban J connectivity index is 1.67. The van der Waals surface area contributed by atoms with E-state index in [2.05, 4.69) is 87.3 Å². The highest BCUT2D eigenvalue weighted by Gasteiger charge is 2.38. The third kappa shape index (κ3) is 3.77. The first kappa shape index (κ1) is 18.2. The highest BCUT2D eigenvalue weighted by molar-refractivity contribution is 6.93. The van der Waals surface area contributed by atoms with E-state index in [9.17, 15) is 0 Å². The van der Waals surface area contributed by atoms with Crippen molar-refractivity contribution in [1.29, 1.82) is 0 Å². The topological polar surface area (TPSA) is 12.9 Å². The van der Waals surface area contributed by atoms with Crippen molar-refractivity contribution in [2.75, 3.05) is 0 Å². The van der Waals surface area contributed by atoms with Gasteiger partial charge in [0.2, 0.25) is 0 Å². The van der Waals surface area contributed by atoms with Gasteiger partial charge in [-0.1, -0.05) is 93.5 Å².